The van der Waals surface area contributed by atoms with Crippen molar-refractivity contribution in [1.82, 2.24) is 14.9 Å². The SMILES string of the molecule is CC(=O)CCCCN1CCC(Oc2ncnc(Oc3ccc(S(C)(=O)=O)cc3F)c2C)CC1. The Kier molecular flexibility index (Phi) is 8.36. The average Bonchev–Trinajstić information content (AvgIpc) is 2.75. The summed E-state index contributed by atoms with van der Waals surface area (Å²) in [5, 5.41) is 0. The molecule has 3 rings (SSSR count). The van der Waals surface area contributed by atoms with Gasteiger partial charge in [-0.05, 0) is 64.3 Å². The molecule has 8 nitrogen and oxygen atoms in total. The second-order valence-electron chi connectivity index (χ2n) is 8.39. The molecule has 1 aromatic heterocycles. The number of Topliss-reactive ketones (excluding diaryl/α,β-unsaturated/α-hetero) is 1. The molecule has 0 N–H and O–H groups in total. The minimum Gasteiger partial charge on any atom is -0.474 e. The molecule has 1 fully saturated rings. The van der Waals surface area contributed by atoms with E-state index in [4.69, 9.17) is 9.47 Å². The zero-order valence-corrected chi connectivity index (χ0v) is 20.0. The lowest BCUT2D eigenvalue weighted by Gasteiger charge is -2.32. The number of hydrogen-bond donors (Lipinski definition) is 0. The molecule has 0 amide bonds. The predicted octanol–water partition coefficient (Wildman–Crippen LogP) is 3.72. The van der Waals surface area contributed by atoms with Crippen LogP contribution >= 0.6 is 0 Å². The normalized spacial score (nSPS) is 15.4. The van der Waals surface area contributed by atoms with Crippen molar-refractivity contribution >= 4 is 15.6 Å². The topological polar surface area (TPSA) is 98.7 Å². The molecule has 10 heteroatoms. The number of piperidine rings is 1. The largest absolute Gasteiger partial charge is 0.474 e. The number of ketones is 1. The maximum atomic E-state index is 14.4. The van der Waals surface area contributed by atoms with E-state index in [1.165, 1.54) is 18.5 Å². The van der Waals surface area contributed by atoms with Crippen molar-refractivity contribution in [2.75, 3.05) is 25.9 Å². The van der Waals surface area contributed by atoms with Gasteiger partial charge in [0, 0.05) is 25.8 Å². The van der Waals surface area contributed by atoms with E-state index in [2.05, 4.69) is 14.9 Å². The number of benzene rings is 1. The van der Waals surface area contributed by atoms with Gasteiger partial charge < -0.3 is 19.2 Å². The smallest absolute Gasteiger partial charge is 0.229 e. The fourth-order valence-electron chi connectivity index (χ4n) is 3.66. The van der Waals surface area contributed by atoms with Crippen LogP contribution in [0.1, 0.15) is 44.6 Å². The van der Waals surface area contributed by atoms with E-state index in [1.807, 2.05) is 0 Å². The van der Waals surface area contributed by atoms with E-state index in [0.717, 1.165) is 57.6 Å². The number of likely N-dealkylation sites (tertiary alicyclic amines) is 1. The summed E-state index contributed by atoms with van der Waals surface area (Å²) in [4.78, 5) is 21.6. The lowest BCUT2D eigenvalue weighted by atomic mass is 10.1. The molecule has 0 bridgehead atoms. The lowest BCUT2D eigenvalue weighted by Crippen LogP contribution is -2.38. The number of nitrogens with zero attached hydrogens (tertiary/aromatic N) is 3. The molecule has 1 aromatic carbocycles. The minimum absolute atomic E-state index is 0.00528. The summed E-state index contributed by atoms with van der Waals surface area (Å²) in [7, 11) is -3.52. The Morgan fingerprint density at radius 1 is 1.18 bits per heavy atom. The van der Waals surface area contributed by atoms with E-state index in [-0.39, 0.29) is 28.4 Å². The van der Waals surface area contributed by atoms with Crippen LogP contribution in [0.25, 0.3) is 0 Å². The van der Waals surface area contributed by atoms with Crippen LogP contribution in [0.2, 0.25) is 0 Å². The van der Waals surface area contributed by atoms with E-state index in [1.54, 1.807) is 13.8 Å². The number of unbranched alkanes of at least 4 members (excludes halogenated alkanes) is 1. The summed E-state index contributed by atoms with van der Waals surface area (Å²) in [5.74, 6) is -0.163. The molecule has 0 aliphatic carbocycles. The number of carbonyl (C=O) groups excluding carboxylic acids is 1. The highest BCUT2D eigenvalue weighted by molar-refractivity contribution is 7.90. The average molecular weight is 480 g/mol. The van der Waals surface area contributed by atoms with Gasteiger partial charge in [0.05, 0.1) is 10.5 Å². The molecule has 2 heterocycles. The zero-order valence-electron chi connectivity index (χ0n) is 19.2. The molecule has 33 heavy (non-hydrogen) atoms. The van der Waals surface area contributed by atoms with Crippen LogP contribution in [0.4, 0.5) is 4.39 Å². The number of rotatable bonds is 10. The van der Waals surface area contributed by atoms with Gasteiger partial charge in [-0.15, -0.1) is 0 Å². The number of sulfone groups is 1. The predicted molar refractivity (Wildman–Crippen MR) is 121 cm³/mol. The molecule has 0 unspecified atom stereocenters. The first-order chi connectivity index (χ1) is 15.6. The third-order valence-electron chi connectivity index (χ3n) is 5.60. The fourth-order valence-corrected chi connectivity index (χ4v) is 4.29. The van der Waals surface area contributed by atoms with Crippen LogP contribution in [-0.4, -0.2) is 61.1 Å². The summed E-state index contributed by atoms with van der Waals surface area (Å²) >= 11 is 0. The third kappa shape index (κ3) is 7.20. The third-order valence-corrected chi connectivity index (χ3v) is 6.71. The maximum absolute atomic E-state index is 14.4. The Bertz CT molecular complexity index is 1090. The Balaban J connectivity index is 1.57. The number of hydrogen-bond acceptors (Lipinski definition) is 8. The minimum atomic E-state index is -3.52. The number of halogens is 1. The molecular weight excluding hydrogens is 449 g/mol. The van der Waals surface area contributed by atoms with Crippen molar-refractivity contribution in [2.45, 2.75) is 57.0 Å². The van der Waals surface area contributed by atoms with Gasteiger partial charge in [-0.2, -0.15) is 0 Å². The second-order valence-corrected chi connectivity index (χ2v) is 10.4. The molecule has 0 saturated carbocycles. The lowest BCUT2D eigenvalue weighted by molar-refractivity contribution is -0.117. The van der Waals surface area contributed by atoms with Crippen LogP contribution in [-0.2, 0) is 14.6 Å². The molecule has 0 atom stereocenters. The van der Waals surface area contributed by atoms with Crippen LogP contribution in [0.3, 0.4) is 0 Å². The van der Waals surface area contributed by atoms with Gasteiger partial charge in [0.15, 0.2) is 21.4 Å². The molecule has 0 radical (unpaired) electrons. The highest BCUT2D eigenvalue weighted by atomic mass is 32.2. The van der Waals surface area contributed by atoms with Crippen molar-refractivity contribution < 1.29 is 27.1 Å². The van der Waals surface area contributed by atoms with Crippen molar-refractivity contribution in [3.8, 4) is 17.5 Å². The maximum Gasteiger partial charge on any atom is 0.229 e. The summed E-state index contributed by atoms with van der Waals surface area (Å²) in [6.07, 6.45) is 6.60. The number of carbonyl (C=O) groups is 1. The summed E-state index contributed by atoms with van der Waals surface area (Å²) in [6.45, 7) is 6.16. The van der Waals surface area contributed by atoms with E-state index in [0.29, 0.717) is 17.9 Å². The molecule has 1 aliphatic rings. The Morgan fingerprint density at radius 3 is 2.52 bits per heavy atom. The zero-order chi connectivity index (χ0) is 24.0. The standard InChI is InChI=1S/C23H30FN3O5S/c1-16(28)6-4-5-11-27-12-9-18(10-13-27)31-22-17(2)23(26-15-25-22)32-21-8-7-19(14-20(21)24)33(3,29)30/h7-8,14-15,18H,4-6,9-13H2,1-3H3. The van der Waals surface area contributed by atoms with Gasteiger partial charge in [-0.1, -0.05) is 0 Å². The fraction of sp³-hybridized carbons (Fsp3) is 0.522. The Hall–Kier alpha value is -2.59. The van der Waals surface area contributed by atoms with E-state index < -0.39 is 15.7 Å². The van der Waals surface area contributed by atoms with Crippen molar-refractivity contribution in [3.63, 3.8) is 0 Å². The summed E-state index contributed by atoms with van der Waals surface area (Å²) < 4.78 is 49.2. The Labute approximate surface area is 194 Å². The monoisotopic (exact) mass is 479 g/mol. The Morgan fingerprint density at radius 2 is 1.88 bits per heavy atom. The molecule has 0 spiro atoms. The van der Waals surface area contributed by atoms with Crippen molar-refractivity contribution in [1.29, 1.82) is 0 Å². The van der Waals surface area contributed by atoms with Gasteiger partial charge in [0.2, 0.25) is 11.8 Å². The highest BCUT2D eigenvalue weighted by Gasteiger charge is 2.23. The van der Waals surface area contributed by atoms with Crippen LogP contribution < -0.4 is 9.47 Å². The molecular formula is C23H30FN3O5S. The molecule has 180 valence electrons. The molecule has 2 aromatic rings. The van der Waals surface area contributed by atoms with Crippen LogP contribution in [0.5, 0.6) is 17.5 Å². The van der Waals surface area contributed by atoms with E-state index >= 15 is 0 Å². The molecule has 1 aliphatic heterocycles. The van der Waals surface area contributed by atoms with Crippen LogP contribution in [0.15, 0.2) is 29.4 Å². The van der Waals surface area contributed by atoms with Crippen molar-refractivity contribution in [3.05, 3.63) is 35.9 Å². The van der Waals surface area contributed by atoms with Gasteiger partial charge in [0.25, 0.3) is 0 Å². The summed E-state index contributed by atoms with van der Waals surface area (Å²) in [6, 6.07) is 3.47. The summed E-state index contributed by atoms with van der Waals surface area (Å²) in [5.41, 5.74) is 0.538. The first-order valence-electron chi connectivity index (χ1n) is 11.0. The quantitative estimate of drug-likeness (QED) is 0.476. The molecule has 1 saturated heterocycles. The van der Waals surface area contributed by atoms with Gasteiger partial charge >= 0.3 is 0 Å². The first kappa shape index (κ1) is 25.0. The number of ether oxygens (including phenoxy) is 2. The van der Waals surface area contributed by atoms with E-state index in [9.17, 15) is 17.6 Å². The first-order valence-corrected chi connectivity index (χ1v) is 12.9. The van der Waals surface area contributed by atoms with Gasteiger partial charge in [-0.25, -0.2) is 22.8 Å². The van der Waals surface area contributed by atoms with Gasteiger partial charge in [0.1, 0.15) is 18.2 Å². The second kappa shape index (κ2) is 11.0. The highest BCUT2D eigenvalue weighted by Crippen LogP contribution is 2.31. The van der Waals surface area contributed by atoms with Crippen molar-refractivity contribution in [2.24, 2.45) is 0 Å². The number of aromatic nitrogens is 2. The van der Waals surface area contributed by atoms with Crippen LogP contribution in [0, 0.1) is 12.7 Å². The van der Waals surface area contributed by atoms with Gasteiger partial charge in [-0.3, -0.25) is 0 Å².